The van der Waals surface area contributed by atoms with Crippen LogP contribution in [0.1, 0.15) is 117 Å². The number of nitrogens with zero attached hydrogens (tertiary/aromatic N) is 3. The van der Waals surface area contributed by atoms with Gasteiger partial charge in [-0.1, -0.05) is 90.5 Å². The van der Waals surface area contributed by atoms with Gasteiger partial charge in [0, 0.05) is 44.8 Å². The van der Waals surface area contributed by atoms with Gasteiger partial charge in [-0.25, -0.2) is 4.79 Å². The first-order valence-corrected chi connectivity index (χ1v) is 31.8. The quantitative estimate of drug-likeness (QED) is 0.0201. The second kappa shape index (κ2) is 35.0. The van der Waals surface area contributed by atoms with Crippen molar-refractivity contribution in [2.45, 2.75) is 177 Å². The highest BCUT2D eigenvalue weighted by molar-refractivity contribution is 14.1. The van der Waals surface area contributed by atoms with Gasteiger partial charge in [-0.2, -0.15) is 0 Å². The third-order valence-electron chi connectivity index (χ3n) is 14.2. The fourth-order valence-electron chi connectivity index (χ4n) is 9.34. The van der Waals surface area contributed by atoms with Crippen molar-refractivity contribution in [3.05, 3.63) is 67.6 Å². The molecule has 28 nitrogen and oxygen atoms in total. The maximum atomic E-state index is 14.4. The topological polar surface area (TPSA) is 436 Å². The number of methoxy groups -OCH3 is 1. The lowest BCUT2D eigenvalue weighted by Crippen LogP contribution is -2.62. The lowest BCUT2D eigenvalue weighted by Gasteiger charge is -2.36. The number of amides is 11. The van der Waals surface area contributed by atoms with Crippen molar-refractivity contribution in [2.75, 3.05) is 26.0 Å². The molecule has 2 aromatic carbocycles. The Hall–Kier alpha value is -7.09. The standard InChI is InChI=1S/C56H81IN14O14S2/c1-8-30(2)45-52(81)69-46(31(3)72)53(82)66-40(26-42(58)73)50(79)67-41(29-86-87-56(20-10-9-11-21-56)27-43(74)64-39(51(80)68-45)24-32-14-17-34(84-7)18-15-32)48(77)62-28-44(75)63-37(13-12-22-61-54(83)85-55(4,5)6)49(78)65-38(47(59)76)25-33-16-19-36(70-71-60)35(57)23-33/h14-19,23,30-31,37-41,45-46,72H,8-13,20-22,24-29H2,1-7H3,(H2,58,73)(H2,59,76)(H,61,83)(H,62,77)(H,63,75)(H,64,74)(H,65,78)(H,66,82)(H,67,79)(H,68,80)(H,69,81)/t30-,31+,37-,38-,39-,40-,41-,45-,46-/m0/s1. The zero-order chi connectivity index (χ0) is 64.6. The van der Waals surface area contributed by atoms with Crippen LogP contribution in [0.25, 0.3) is 10.4 Å². The number of halogens is 1. The van der Waals surface area contributed by atoms with E-state index in [0.29, 0.717) is 45.4 Å². The van der Waals surface area contributed by atoms with E-state index in [1.54, 1.807) is 71.0 Å². The minimum absolute atomic E-state index is 0.00523. The summed E-state index contributed by atoms with van der Waals surface area (Å²) in [4.78, 5) is 154. The van der Waals surface area contributed by atoms with Crippen molar-refractivity contribution in [3.63, 3.8) is 0 Å². The summed E-state index contributed by atoms with van der Waals surface area (Å²) in [6.45, 7) is 8.83. The minimum atomic E-state index is -1.80. The molecule has 2 aliphatic rings. The minimum Gasteiger partial charge on any atom is -0.497 e. The largest absolute Gasteiger partial charge is 0.497 e. The molecule has 1 spiro atoms. The molecule has 1 aliphatic heterocycles. The highest BCUT2D eigenvalue weighted by atomic mass is 127. The molecule has 31 heteroatoms. The lowest BCUT2D eigenvalue weighted by atomic mass is 9.85. The number of aliphatic hydroxyl groups excluding tert-OH is 1. The van der Waals surface area contributed by atoms with Crippen molar-refractivity contribution in [2.24, 2.45) is 22.5 Å². The number of azide groups is 1. The first-order valence-electron chi connectivity index (χ1n) is 28.4. The van der Waals surface area contributed by atoms with Gasteiger partial charge in [-0.05, 0) is 117 Å². The van der Waals surface area contributed by atoms with Crippen LogP contribution in [0.15, 0.2) is 47.6 Å². The Bertz CT molecular complexity index is 2830. The molecule has 0 aromatic heterocycles. The normalized spacial score (nSPS) is 21.2. The van der Waals surface area contributed by atoms with Crippen molar-refractivity contribution < 1.29 is 67.3 Å². The number of carbonyl (C=O) groups is 11. The molecule has 2 fully saturated rings. The van der Waals surface area contributed by atoms with E-state index in [1.165, 1.54) is 30.9 Å². The third-order valence-corrected chi connectivity index (χ3v) is 18.4. The second-order valence-electron chi connectivity index (χ2n) is 22.4. The fourth-order valence-corrected chi connectivity index (χ4v) is 13.4. The number of primary amides is 2. The molecule has 11 amide bonds. The highest BCUT2D eigenvalue weighted by Crippen LogP contribution is 2.48. The van der Waals surface area contributed by atoms with Crippen LogP contribution < -0.4 is 64.1 Å². The molecule has 87 heavy (non-hydrogen) atoms. The second-order valence-corrected chi connectivity index (χ2v) is 26.4. The summed E-state index contributed by atoms with van der Waals surface area (Å²) in [7, 11) is 3.91. The number of hydrogen-bond acceptors (Lipinski definition) is 17. The Labute approximate surface area is 526 Å². The van der Waals surface area contributed by atoms with Crippen molar-refractivity contribution >= 4 is 115 Å². The third kappa shape index (κ3) is 24.5. The van der Waals surface area contributed by atoms with Crippen LogP contribution in [0.3, 0.4) is 0 Å². The summed E-state index contributed by atoms with van der Waals surface area (Å²) >= 11 is 1.94. The van der Waals surface area contributed by atoms with Crippen molar-refractivity contribution in [3.8, 4) is 5.75 Å². The van der Waals surface area contributed by atoms with Gasteiger partial charge < -0.3 is 73.9 Å². The lowest BCUT2D eigenvalue weighted by molar-refractivity contribution is -0.138. The van der Waals surface area contributed by atoms with E-state index in [-0.39, 0.29) is 44.4 Å². The summed E-state index contributed by atoms with van der Waals surface area (Å²) < 4.78 is 10.4. The summed E-state index contributed by atoms with van der Waals surface area (Å²) in [6, 6.07) is 1.21. The molecule has 9 atom stereocenters. The van der Waals surface area contributed by atoms with Gasteiger partial charge in [0.2, 0.25) is 59.1 Å². The van der Waals surface area contributed by atoms with Gasteiger partial charge in [0.05, 0.1) is 31.9 Å². The number of nitrogens with two attached hydrogens (primary N) is 2. The van der Waals surface area contributed by atoms with E-state index in [0.717, 1.165) is 30.1 Å². The van der Waals surface area contributed by atoms with E-state index in [2.05, 4.69) is 57.9 Å². The van der Waals surface area contributed by atoms with Crippen LogP contribution in [0.5, 0.6) is 5.75 Å². The van der Waals surface area contributed by atoms with E-state index in [4.69, 9.17) is 26.5 Å². The molecule has 0 radical (unpaired) electrons. The van der Waals surface area contributed by atoms with Crippen LogP contribution >= 0.6 is 44.2 Å². The average molecular weight is 1370 g/mol. The molecule has 1 heterocycles. The summed E-state index contributed by atoms with van der Waals surface area (Å²) in [5, 5.41) is 37.7. The van der Waals surface area contributed by atoms with Crippen LogP contribution in [-0.2, 0) is 65.5 Å². The number of benzene rings is 2. The molecule has 14 N–H and O–H groups in total. The molecular formula is C56H81IN14O14S2. The molecule has 478 valence electrons. The molecule has 1 saturated heterocycles. The predicted octanol–water partition coefficient (Wildman–Crippen LogP) is 2.12. The molecule has 2 aromatic rings. The number of nitrogens with one attached hydrogen (secondary N) is 9. The monoisotopic (exact) mass is 1360 g/mol. The van der Waals surface area contributed by atoms with Gasteiger partial charge in [0.15, 0.2) is 0 Å². The molecule has 1 aliphatic carbocycles. The Balaban J connectivity index is 1.68. The maximum absolute atomic E-state index is 14.4. The zero-order valence-corrected chi connectivity index (χ0v) is 53.6. The van der Waals surface area contributed by atoms with Crippen molar-refractivity contribution in [1.29, 1.82) is 0 Å². The van der Waals surface area contributed by atoms with Crippen LogP contribution in [0, 0.1) is 9.49 Å². The van der Waals surface area contributed by atoms with E-state index in [1.807, 2.05) is 22.6 Å². The number of alkyl carbamates (subject to hydrolysis) is 1. The number of ether oxygens (including phenoxy) is 2. The highest BCUT2D eigenvalue weighted by Gasteiger charge is 2.40. The first kappa shape index (κ1) is 72.4. The van der Waals surface area contributed by atoms with E-state index >= 15 is 0 Å². The molecule has 4 rings (SSSR count). The van der Waals surface area contributed by atoms with E-state index in [9.17, 15) is 57.8 Å². The molecule has 0 unspecified atom stereocenters. The number of carbonyl (C=O) groups excluding carboxylic acids is 11. The predicted molar refractivity (Wildman–Crippen MR) is 333 cm³/mol. The first-order chi connectivity index (χ1) is 41.1. The van der Waals surface area contributed by atoms with Gasteiger partial charge in [0.1, 0.15) is 53.6 Å². The van der Waals surface area contributed by atoms with Gasteiger partial charge in [-0.15, -0.1) is 0 Å². The Morgan fingerprint density at radius 1 is 0.851 bits per heavy atom. The Morgan fingerprint density at radius 3 is 2.09 bits per heavy atom. The molecule has 0 bridgehead atoms. The van der Waals surface area contributed by atoms with Gasteiger partial charge in [0.25, 0.3) is 0 Å². The van der Waals surface area contributed by atoms with E-state index < -0.39 is 143 Å². The zero-order valence-electron chi connectivity index (χ0n) is 49.8. The molecule has 1 saturated carbocycles. The SMILES string of the molecule is CC[C@H](C)[C@@H]1NC(=O)[C@H](Cc2ccc(OC)cc2)NC(=O)CC2(CCCCC2)SSC[C@@H](C(=O)NCC(=O)N[C@@H](CCCNC(=O)OC(C)(C)C)C(=O)N[C@@H](Cc2ccc(N=[N+]=[N-])c(I)c2)C(N)=O)NC(=O)[C@H](CC(N)=O)NC(=O)[C@H]([C@@H](C)O)NC1=O. The van der Waals surface area contributed by atoms with Crippen molar-refractivity contribution in [1.82, 2.24) is 47.9 Å². The van der Waals surface area contributed by atoms with Crippen LogP contribution in [-0.4, -0.2) is 155 Å². The number of aliphatic hydroxyl groups is 1. The number of hydrogen-bond donors (Lipinski definition) is 12. The maximum Gasteiger partial charge on any atom is 0.407 e. The average Bonchev–Trinajstić information content (AvgIpc) is 3.56. The summed E-state index contributed by atoms with van der Waals surface area (Å²) in [6.07, 6.45) is 0.336. The van der Waals surface area contributed by atoms with Crippen LogP contribution in [0.2, 0.25) is 0 Å². The molecular weight excluding hydrogens is 1280 g/mol. The summed E-state index contributed by atoms with van der Waals surface area (Å²) in [5.74, 6) is -9.33. The Kier molecular flexibility index (Phi) is 29.2. The van der Waals surface area contributed by atoms with Gasteiger partial charge >= 0.3 is 6.09 Å². The number of rotatable bonds is 22. The fraction of sp³-hybridized carbons (Fsp3) is 0.589. The Morgan fingerprint density at radius 2 is 1.49 bits per heavy atom. The summed E-state index contributed by atoms with van der Waals surface area (Å²) in [5.41, 5.74) is 20.9. The van der Waals surface area contributed by atoms with Gasteiger partial charge in [-0.3, -0.25) is 47.9 Å². The smallest absolute Gasteiger partial charge is 0.407 e. The van der Waals surface area contributed by atoms with Crippen LogP contribution in [0.4, 0.5) is 10.5 Å².